The average molecular weight is 496 g/mol. The molecule has 6 nitrogen and oxygen atoms in total. The highest BCUT2D eigenvalue weighted by Crippen LogP contribution is 2.22. The largest absolute Gasteiger partial charge is 0.371 e. The molecule has 0 amide bonds. The second kappa shape index (κ2) is 10.7. The number of aryl methyl sites for hydroxylation is 2. The van der Waals surface area contributed by atoms with Crippen LogP contribution in [0.1, 0.15) is 30.3 Å². The molecular formula is C21H33IN6. The second-order valence-corrected chi connectivity index (χ2v) is 7.29. The number of benzene rings is 1. The summed E-state index contributed by atoms with van der Waals surface area (Å²) in [5.41, 5.74) is 4.78. The third kappa shape index (κ3) is 5.62. The Hall–Kier alpha value is -1.77. The number of hydrogen-bond donors (Lipinski definition) is 2. The maximum absolute atomic E-state index is 4.78. The summed E-state index contributed by atoms with van der Waals surface area (Å²) in [6.07, 6.45) is 1.21. The van der Waals surface area contributed by atoms with Gasteiger partial charge in [-0.1, -0.05) is 18.2 Å². The maximum Gasteiger partial charge on any atom is 0.191 e. The van der Waals surface area contributed by atoms with Crippen LogP contribution in [0.4, 0.5) is 5.69 Å². The van der Waals surface area contributed by atoms with Crippen molar-refractivity contribution < 1.29 is 0 Å². The Morgan fingerprint density at radius 3 is 2.61 bits per heavy atom. The third-order valence-corrected chi connectivity index (χ3v) is 5.36. The molecule has 1 atom stereocenters. The van der Waals surface area contributed by atoms with Gasteiger partial charge in [0.05, 0.1) is 12.2 Å². The first-order valence-electron chi connectivity index (χ1n) is 9.89. The molecule has 7 heteroatoms. The highest BCUT2D eigenvalue weighted by atomic mass is 127. The van der Waals surface area contributed by atoms with Crippen molar-refractivity contribution >= 4 is 35.6 Å². The fraction of sp³-hybridized carbons (Fsp3) is 0.524. The third-order valence-electron chi connectivity index (χ3n) is 5.36. The van der Waals surface area contributed by atoms with Crippen molar-refractivity contribution in [3.63, 3.8) is 0 Å². The van der Waals surface area contributed by atoms with Gasteiger partial charge in [-0.3, -0.25) is 4.68 Å². The van der Waals surface area contributed by atoms with E-state index in [4.69, 9.17) is 4.99 Å². The van der Waals surface area contributed by atoms with E-state index in [0.717, 1.165) is 37.8 Å². The molecule has 1 aliphatic heterocycles. The molecule has 1 aromatic heterocycles. The highest BCUT2D eigenvalue weighted by molar-refractivity contribution is 14.0. The second-order valence-electron chi connectivity index (χ2n) is 7.29. The van der Waals surface area contributed by atoms with Gasteiger partial charge in [-0.05, 0) is 45.2 Å². The molecule has 1 aromatic carbocycles. The van der Waals surface area contributed by atoms with Gasteiger partial charge >= 0.3 is 0 Å². The number of para-hydroxylation sites is 1. The molecule has 1 aliphatic rings. The standard InChI is InChI=1S/C21H32N6.HI/c1-5-22-21(24-14-20-16(2)25-26(4)17(20)3)23-13-18-11-12-27(15-18)19-9-7-6-8-10-19;/h6-10,18H,5,11-15H2,1-4H3,(H2,22,23,24);1H. The van der Waals surface area contributed by atoms with Crippen molar-refractivity contribution in [2.75, 3.05) is 31.1 Å². The van der Waals surface area contributed by atoms with E-state index in [1.807, 2.05) is 11.7 Å². The quantitative estimate of drug-likeness (QED) is 0.367. The topological polar surface area (TPSA) is 57.5 Å². The SMILES string of the molecule is CCNC(=NCc1c(C)nn(C)c1C)NCC1CCN(c2ccccc2)C1.I. The van der Waals surface area contributed by atoms with Crippen LogP contribution in [0.5, 0.6) is 0 Å². The van der Waals surface area contributed by atoms with Crippen molar-refractivity contribution in [1.29, 1.82) is 0 Å². The first kappa shape index (κ1) is 22.5. The molecule has 0 bridgehead atoms. The van der Waals surface area contributed by atoms with Gasteiger partial charge in [0.15, 0.2) is 5.96 Å². The van der Waals surface area contributed by atoms with Crippen LogP contribution in [0.3, 0.4) is 0 Å². The monoisotopic (exact) mass is 496 g/mol. The lowest BCUT2D eigenvalue weighted by atomic mass is 10.1. The number of hydrogen-bond acceptors (Lipinski definition) is 3. The summed E-state index contributed by atoms with van der Waals surface area (Å²) in [6, 6.07) is 10.7. The van der Waals surface area contributed by atoms with Crippen LogP contribution < -0.4 is 15.5 Å². The van der Waals surface area contributed by atoms with Crippen molar-refractivity contribution in [2.24, 2.45) is 18.0 Å². The minimum Gasteiger partial charge on any atom is -0.371 e. The van der Waals surface area contributed by atoms with E-state index in [2.05, 4.69) is 71.7 Å². The average Bonchev–Trinajstić information content (AvgIpc) is 3.24. The number of nitrogens with zero attached hydrogens (tertiary/aromatic N) is 4. The van der Waals surface area contributed by atoms with Crippen LogP contribution >= 0.6 is 24.0 Å². The molecule has 1 saturated heterocycles. The summed E-state index contributed by atoms with van der Waals surface area (Å²) in [5, 5.41) is 11.4. The zero-order valence-corrected chi connectivity index (χ0v) is 19.7. The fourth-order valence-electron chi connectivity index (χ4n) is 3.66. The number of aliphatic imine (C=N–C) groups is 1. The highest BCUT2D eigenvalue weighted by Gasteiger charge is 2.22. The van der Waals surface area contributed by atoms with Crippen molar-refractivity contribution in [3.05, 3.63) is 47.3 Å². The van der Waals surface area contributed by atoms with Crippen molar-refractivity contribution in [1.82, 2.24) is 20.4 Å². The molecule has 2 aromatic rings. The van der Waals surface area contributed by atoms with Crippen molar-refractivity contribution in [2.45, 2.75) is 33.7 Å². The van der Waals surface area contributed by atoms with E-state index in [-0.39, 0.29) is 24.0 Å². The number of anilines is 1. The summed E-state index contributed by atoms with van der Waals surface area (Å²) in [7, 11) is 1.98. The van der Waals surface area contributed by atoms with Crippen LogP contribution in [0, 0.1) is 19.8 Å². The predicted octanol–water partition coefficient (Wildman–Crippen LogP) is 3.24. The summed E-state index contributed by atoms with van der Waals surface area (Å²) in [4.78, 5) is 7.26. The Labute approximate surface area is 185 Å². The van der Waals surface area contributed by atoms with Gasteiger partial charge in [0.1, 0.15) is 0 Å². The molecule has 0 aliphatic carbocycles. The van der Waals surface area contributed by atoms with Gasteiger partial charge in [0.2, 0.25) is 0 Å². The van der Waals surface area contributed by atoms with Crippen molar-refractivity contribution in [3.8, 4) is 0 Å². The Morgan fingerprint density at radius 1 is 1.21 bits per heavy atom. The lowest BCUT2D eigenvalue weighted by Crippen LogP contribution is -2.40. The summed E-state index contributed by atoms with van der Waals surface area (Å²) >= 11 is 0. The number of halogens is 1. The van der Waals surface area contributed by atoms with E-state index >= 15 is 0 Å². The molecule has 1 fully saturated rings. The molecule has 2 N–H and O–H groups in total. The molecule has 2 heterocycles. The maximum atomic E-state index is 4.78. The Morgan fingerprint density at radius 2 is 1.96 bits per heavy atom. The number of aromatic nitrogens is 2. The molecule has 0 radical (unpaired) electrons. The normalized spacial score (nSPS) is 16.8. The summed E-state index contributed by atoms with van der Waals surface area (Å²) in [5.74, 6) is 1.52. The lowest BCUT2D eigenvalue weighted by molar-refractivity contribution is 0.566. The van der Waals surface area contributed by atoms with Crippen LogP contribution in [0.25, 0.3) is 0 Å². The Kier molecular flexibility index (Phi) is 8.59. The van der Waals surface area contributed by atoms with E-state index in [9.17, 15) is 0 Å². The number of rotatable bonds is 6. The van der Waals surface area contributed by atoms with Gasteiger partial charge < -0.3 is 15.5 Å². The van der Waals surface area contributed by atoms with E-state index < -0.39 is 0 Å². The Balaban J connectivity index is 0.00000280. The molecule has 0 saturated carbocycles. The first-order chi connectivity index (χ1) is 13.1. The first-order valence-corrected chi connectivity index (χ1v) is 9.89. The van der Waals surface area contributed by atoms with Gasteiger partial charge in [0, 0.05) is 50.2 Å². The van der Waals surface area contributed by atoms with Crippen LogP contribution in [0.2, 0.25) is 0 Å². The van der Waals surface area contributed by atoms with E-state index in [0.29, 0.717) is 12.5 Å². The summed E-state index contributed by atoms with van der Waals surface area (Å²) < 4.78 is 1.93. The van der Waals surface area contributed by atoms with Gasteiger partial charge in [0.25, 0.3) is 0 Å². The van der Waals surface area contributed by atoms with Crippen LogP contribution in [-0.4, -0.2) is 41.9 Å². The van der Waals surface area contributed by atoms with Crippen LogP contribution in [-0.2, 0) is 13.6 Å². The van der Waals surface area contributed by atoms with E-state index in [1.165, 1.54) is 23.4 Å². The van der Waals surface area contributed by atoms with E-state index in [1.54, 1.807) is 0 Å². The predicted molar refractivity (Wildman–Crippen MR) is 128 cm³/mol. The van der Waals surface area contributed by atoms with Crippen LogP contribution in [0.15, 0.2) is 35.3 Å². The summed E-state index contributed by atoms with van der Waals surface area (Å²) in [6.45, 7) is 10.9. The fourth-order valence-corrected chi connectivity index (χ4v) is 3.66. The molecule has 154 valence electrons. The Bertz CT molecular complexity index is 771. The minimum absolute atomic E-state index is 0. The number of nitrogens with one attached hydrogen (secondary N) is 2. The zero-order chi connectivity index (χ0) is 19.2. The smallest absolute Gasteiger partial charge is 0.191 e. The molecule has 0 spiro atoms. The minimum atomic E-state index is 0. The number of guanidine groups is 1. The molecule has 1 unspecified atom stereocenters. The van der Waals surface area contributed by atoms with Gasteiger partial charge in [-0.25, -0.2) is 4.99 Å². The molecule has 28 heavy (non-hydrogen) atoms. The molecular weight excluding hydrogens is 463 g/mol. The lowest BCUT2D eigenvalue weighted by Gasteiger charge is -2.19. The zero-order valence-electron chi connectivity index (χ0n) is 17.4. The molecule has 3 rings (SSSR count). The van der Waals surface area contributed by atoms with Gasteiger partial charge in [-0.2, -0.15) is 5.10 Å². The van der Waals surface area contributed by atoms with Gasteiger partial charge in [-0.15, -0.1) is 24.0 Å².